The second kappa shape index (κ2) is 19.0. The van der Waals surface area contributed by atoms with Crippen LogP contribution in [0, 0.1) is 0 Å². The van der Waals surface area contributed by atoms with Crippen LogP contribution in [0.15, 0.2) is 79.0 Å². The number of anilines is 1. The molecule has 3 aromatic rings. The number of hydrogen-bond acceptors (Lipinski definition) is 8. The van der Waals surface area contributed by atoms with E-state index in [1.165, 1.54) is 0 Å². The number of aliphatic carboxylic acids is 2. The van der Waals surface area contributed by atoms with E-state index in [4.69, 9.17) is 9.90 Å². The number of carbonyl (C=O) groups excluding carboxylic acids is 2. The van der Waals surface area contributed by atoms with Crippen molar-refractivity contribution in [3.05, 3.63) is 84.6 Å². The molecule has 0 bridgehead atoms. The van der Waals surface area contributed by atoms with Crippen molar-refractivity contribution >= 4 is 39.4 Å². The van der Waals surface area contributed by atoms with E-state index < -0.39 is 51.9 Å². The summed E-state index contributed by atoms with van der Waals surface area (Å²) < 4.78 is 55.4. The summed E-state index contributed by atoms with van der Waals surface area (Å²) in [6.07, 6.45) is -1.49. The monoisotopic (exact) mass is 694 g/mol. The summed E-state index contributed by atoms with van der Waals surface area (Å²) in [4.78, 5) is 50.6. The first-order chi connectivity index (χ1) is 22.5. The van der Waals surface area contributed by atoms with E-state index in [0.29, 0.717) is 24.9 Å². The number of halogens is 3. The summed E-state index contributed by atoms with van der Waals surface area (Å²) in [7, 11) is -3.41. The second-order valence-corrected chi connectivity index (χ2v) is 12.8. The largest absolute Gasteiger partial charge is 0.490 e. The maximum absolute atomic E-state index is 13.3. The van der Waals surface area contributed by atoms with Crippen LogP contribution in [-0.4, -0.2) is 78.1 Å². The number of nitrogens with one attached hydrogen (secondary N) is 3. The Morgan fingerprint density at radius 1 is 0.854 bits per heavy atom. The van der Waals surface area contributed by atoms with E-state index >= 15 is 0 Å². The Bertz CT molecular complexity index is 1590. The highest BCUT2D eigenvalue weighted by molar-refractivity contribution is 7.90. The average Bonchev–Trinajstić information content (AvgIpc) is 3.02. The standard InChI is InChI=1S/C30H36N4O6S.C2HF3O2/c1-41(39,40)20-17-25(33-28(35)12-6-8-19-32-27-11-5-7-18-31-27)30(38)34-26(21-29(36)37)24-15-13-23(14-16-24)22-9-3-2-4-10-22;3-2(4,5)1(6)7/h2-5,7,9-11,13-16,18,25-26H,6,8,12,17,19-21H2,1H3,(H,31,32)(H,33,35)(H,34,38)(H,36,37);(H,6,7)/t25-,26?;/m0./s1. The lowest BCUT2D eigenvalue weighted by atomic mass is 9.98. The van der Waals surface area contributed by atoms with Crippen LogP contribution in [0.3, 0.4) is 0 Å². The van der Waals surface area contributed by atoms with Gasteiger partial charge >= 0.3 is 18.1 Å². The minimum atomic E-state index is -5.08. The number of carboxylic acids is 2. The third-order valence-electron chi connectivity index (χ3n) is 6.59. The fourth-order valence-electron chi connectivity index (χ4n) is 4.20. The molecule has 2 aromatic carbocycles. The lowest BCUT2D eigenvalue weighted by Crippen LogP contribution is -2.48. The van der Waals surface area contributed by atoms with Gasteiger partial charge in [0.2, 0.25) is 11.8 Å². The number of alkyl halides is 3. The number of sulfone groups is 1. The van der Waals surface area contributed by atoms with Crippen molar-refractivity contribution in [1.29, 1.82) is 0 Å². The van der Waals surface area contributed by atoms with Crippen LogP contribution in [0.5, 0.6) is 0 Å². The lowest BCUT2D eigenvalue weighted by Gasteiger charge is -2.23. The first kappa shape index (κ1) is 39.2. The number of benzene rings is 2. The van der Waals surface area contributed by atoms with Crippen LogP contribution in [-0.2, 0) is 29.0 Å². The van der Waals surface area contributed by atoms with Crippen molar-refractivity contribution in [2.75, 3.05) is 23.9 Å². The molecule has 2 amide bonds. The van der Waals surface area contributed by atoms with Gasteiger partial charge in [-0.2, -0.15) is 13.2 Å². The molecule has 1 unspecified atom stereocenters. The highest BCUT2D eigenvalue weighted by atomic mass is 32.2. The normalized spacial score (nSPS) is 12.4. The average molecular weight is 695 g/mol. The summed E-state index contributed by atoms with van der Waals surface area (Å²) in [5.41, 5.74) is 2.51. The first-order valence-corrected chi connectivity index (χ1v) is 16.7. The van der Waals surface area contributed by atoms with E-state index in [1.807, 2.05) is 60.7 Å². The third kappa shape index (κ3) is 15.5. The van der Waals surface area contributed by atoms with Crippen LogP contribution in [0.1, 0.15) is 43.7 Å². The van der Waals surface area contributed by atoms with Gasteiger partial charge in [-0.15, -0.1) is 0 Å². The Hall–Kier alpha value is -4.99. The molecule has 0 spiro atoms. The Morgan fingerprint density at radius 3 is 2.00 bits per heavy atom. The van der Waals surface area contributed by atoms with Gasteiger partial charge in [-0.1, -0.05) is 60.7 Å². The zero-order valence-corrected chi connectivity index (χ0v) is 26.8. The molecule has 0 aliphatic heterocycles. The molecule has 260 valence electrons. The first-order valence-electron chi connectivity index (χ1n) is 14.6. The molecular formula is C32H37F3N4O8S. The van der Waals surface area contributed by atoms with Gasteiger partial charge < -0.3 is 26.2 Å². The maximum atomic E-state index is 13.3. The molecule has 1 heterocycles. The van der Waals surface area contributed by atoms with Crippen LogP contribution in [0.25, 0.3) is 11.1 Å². The molecule has 0 aliphatic rings. The fraction of sp³-hybridized carbons (Fsp3) is 0.344. The lowest BCUT2D eigenvalue weighted by molar-refractivity contribution is -0.192. The van der Waals surface area contributed by atoms with E-state index in [0.717, 1.165) is 23.2 Å². The van der Waals surface area contributed by atoms with E-state index in [1.54, 1.807) is 18.3 Å². The Kier molecular flexibility index (Phi) is 15.5. The van der Waals surface area contributed by atoms with Crippen LogP contribution >= 0.6 is 0 Å². The van der Waals surface area contributed by atoms with Gasteiger partial charge in [0, 0.05) is 25.4 Å². The van der Waals surface area contributed by atoms with Gasteiger partial charge in [-0.3, -0.25) is 14.4 Å². The summed E-state index contributed by atoms with van der Waals surface area (Å²) in [6.45, 7) is 0.613. The number of carbonyl (C=O) groups is 4. The van der Waals surface area contributed by atoms with Crippen LogP contribution in [0.4, 0.5) is 19.0 Å². The van der Waals surface area contributed by atoms with Crippen molar-refractivity contribution in [3.8, 4) is 11.1 Å². The topological polar surface area (TPSA) is 192 Å². The van der Waals surface area contributed by atoms with Crippen molar-refractivity contribution < 1.29 is 51.0 Å². The van der Waals surface area contributed by atoms with Crippen LogP contribution in [0.2, 0.25) is 0 Å². The molecule has 12 nitrogen and oxygen atoms in total. The van der Waals surface area contributed by atoms with Crippen LogP contribution < -0.4 is 16.0 Å². The van der Waals surface area contributed by atoms with Crippen molar-refractivity contribution in [1.82, 2.24) is 15.6 Å². The molecule has 0 radical (unpaired) electrons. The zero-order chi connectivity index (χ0) is 35.7. The Balaban J connectivity index is 0.00000103. The summed E-state index contributed by atoms with van der Waals surface area (Å²) in [6, 6.07) is 20.4. The SMILES string of the molecule is CS(=O)(=O)CC[C@H](NC(=O)CCCCNc1ccccn1)C(=O)NC(CC(=O)O)c1ccc(-c2ccccc2)cc1.O=C(O)C(F)(F)F. The predicted octanol–water partition coefficient (Wildman–Crippen LogP) is 4.22. The number of aromatic nitrogens is 1. The summed E-state index contributed by atoms with van der Waals surface area (Å²) >= 11 is 0. The van der Waals surface area contributed by atoms with E-state index in [9.17, 15) is 41.1 Å². The second-order valence-electron chi connectivity index (χ2n) is 10.6. The number of amides is 2. The number of hydrogen-bond donors (Lipinski definition) is 5. The molecule has 48 heavy (non-hydrogen) atoms. The Labute approximate surface area is 275 Å². The number of nitrogens with zero attached hydrogens (tertiary/aromatic N) is 1. The predicted molar refractivity (Wildman–Crippen MR) is 172 cm³/mol. The number of rotatable bonds is 16. The van der Waals surface area contributed by atoms with Gasteiger partial charge in [-0.05, 0) is 48.1 Å². The third-order valence-corrected chi connectivity index (χ3v) is 7.57. The maximum Gasteiger partial charge on any atom is 0.490 e. The van der Waals surface area contributed by atoms with Gasteiger partial charge in [0.05, 0.1) is 18.2 Å². The summed E-state index contributed by atoms with van der Waals surface area (Å²) in [5.74, 6) is -4.48. The molecule has 2 atom stereocenters. The molecule has 0 aliphatic carbocycles. The Morgan fingerprint density at radius 2 is 1.46 bits per heavy atom. The number of unbranched alkanes of at least 4 members (excludes halogenated alkanes) is 1. The van der Waals surface area contributed by atoms with Gasteiger partial charge in [-0.25, -0.2) is 18.2 Å². The van der Waals surface area contributed by atoms with E-state index in [2.05, 4.69) is 20.9 Å². The van der Waals surface area contributed by atoms with E-state index in [-0.39, 0.29) is 25.0 Å². The highest BCUT2D eigenvalue weighted by Crippen LogP contribution is 2.24. The molecule has 5 N–H and O–H groups in total. The highest BCUT2D eigenvalue weighted by Gasteiger charge is 2.38. The van der Waals surface area contributed by atoms with Crippen molar-refractivity contribution in [2.24, 2.45) is 0 Å². The molecule has 16 heteroatoms. The molecule has 1 aromatic heterocycles. The smallest absolute Gasteiger partial charge is 0.481 e. The fourth-order valence-corrected chi connectivity index (χ4v) is 4.86. The molecule has 0 saturated heterocycles. The number of pyridine rings is 1. The minimum absolute atomic E-state index is 0.135. The molecule has 0 fully saturated rings. The van der Waals surface area contributed by atoms with Crippen molar-refractivity contribution in [3.63, 3.8) is 0 Å². The quantitative estimate of drug-likeness (QED) is 0.136. The van der Waals surface area contributed by atoms with Gasteiger partial charge in [0.25, 0.3) is 0 Å². The van der Waals surface area contributed by atoms with Gasteiger partial charge in [0.1, 0.15) is 21.7 Å². The molecular weight excluding hydrogens is 657 g/mol. The summed E-state index contributed by atoms with van der Waals surface area (Å²) in [5, 5.41) is 25.1. The molecule has 3 rings (SSSR count). The zero-order valence-electron chi connectivity index (χ0n) is 25.9. The number of carboxylic acid groups (broad SMARTS) is 2. The minimum Gasteiger partial charge on any atom is -0.481 e. The molecule has 0 saturated carbocycles. The van der Waals surface area contributed by atoms with Gasteiger partial charge in [0.15, 0.2) is 0 Å². The van der Waals surface area contributed by atoms with Crippen molar-refractivity contribution in [2.45, 2.75) is 50.4 Å².